The number of rotatable bonds is 4. The summed E-state index contributed by atoms with van der Waals surface area (Å²) < 4.78 is 0. The van der Waals surface area contributed by atoms with Crippen molar-refractivity contribution in [3.05, 3.63) is 55.9 Å². The second-order valence-electron chi connectivity index (χ2n) is 6.42. The number of carbonyl (C=O) groups excluding carboxylic acids is 2. The lowest BCUT2D eigenvalue weighted by Gasteiger charge is -2.18. The Labute approximate surface area is 166 Å². The van der Waals surface area contributed by atoms with E-state index in [1.807, 2.05) is 0 Å². The van der Waals surface area contributed by atoms with Crippen molar-refractivity contribution in [1.29, 1.82) is 0 Å². The number of anilines is 1. The molecule has 26 heavy (non-hydrogen) atoms. The van der Waals surface area contributed by atoms with Gasteiger partial charge in [-0.15, -0.1) is 11.3 Å². The van der Waals surface area contributed by atoms with E-state index in [-0.39, 0.29) is 5.91 Å². The Bertz CT molecular complexity index is 905. The summed E-state index contributed by atoms with van der Waals surface area (Å²) in [7, 11) is 0. The van der Waals surface area contributed by atoms with Crippen LogP contribution in [0.1, 0.15) is 39.7 Å². The quantitative estimate of drug-likeness (QED) is 0.703. The van der Waals surface area contributed by atoms with Gasteiger partial charge in [0, 0.05) is 11.0 Å². The number of primary amides is 1. The molecule has 2 amide bonds. The van der Waals surface area contributed by atoms with E-state index in [4.69, 9.17) is 28.9 Å². The summed E-state index contributed by atoms with van der Waals surface area (Å²) in [5, 5.41) is 4.20. The second kappa shape index (κ2) is 7.82. The molecule has 0 saturated carbocycles. The molecule has 0 fully saturated rings. The van der Waals surface area contributed by atoms with Crippen LogP contribution in [-0.2, 0) is 17.6 Å². The Hall–Kier alpha value is -1.82. The molecule has 0 aliphatic heterocycles. The summed E-state index contributed by atoms with van der Waals surface area (Å²) in [5.41, 5.74) is 7.76. The molecule has 0 unspecified atom stereocenters. The van der Waals surface area contributed by atoms with Crippen LogP contribution in [0.2, 0.25) is 10.0 Å². The normalized spacial score (nSPS) is 16.5. The molecular formula is C19H18Cl2N2O2S. The molecule has 1 heterocycles. The summed E-state index contributed by atoms with van der Waals surface area (Å²) in [6.07, 6.45) is 5.78. The van der Waals surface area contributed by atoms with Crippen molar-refractivity contribution in [1.82, 2.24) is 0 Å². The molecule has 4 nitrogen and oxygen atoms in total. The van der Waals surface area contributed by atoms with E-state index in [1.165, 1.54) is 17.4 Å². The first-order chi connectivity index (χ1) is 12.3. The van der Waals surface area contributed by atoms with Crippen LogP contribution < -0.4 is 11.1 Å². The molecule has 1 aromatic carbocycles. The van der Waals surface area contributed by atoms with Crippen LogP contribution in [0.25, 0.3) is 6.08 Å². The van der Waals surface area contributed by atoms with E-state index < -0.39 is 5.91 Å². The molecule has 0 spiro atoms. The molecule has 3 rings (SSSR count). The molecule has 3 N–H and O–H groups in total. The molecule has 1 atom stereocenters. The van der Waals surface area contributed by atoms with Gasteiger partial charge in [0.05, 0.1) is 15.6 Å². The third kappa shape index (κ3) is 4.11. The molecule has 0 saturated heterocycles. The first-order valence-electron chi connectivity index (χ1n) is 8.23. The zero-order valence-corrected chi connectivity index (χ0v) is 16.5. The molecule has 7 heteroatoms. The fourth-order valence-electron chi connectivity index (χ4n) is 3.04. The van der Waals surface area contributed by atoms with Crippen molar-refractivity contribution in [3.63, 3.8) is 0 Å². The third-order valence-electron chi connectivity index (χ3n) is 4.37. The maximum Gasteiger partial charge on any atom is 0.251 e. The monoisotopic (exact) mass is 408 g/mol. The van der Waals surface area contributed by atoms with Crippen molar-refractivity contribution in [2.45, 2.75) is 26.2 Å². The van der Waals surface area contributed by atoms with E-state index in [0.29, 0.717) is 26.5 Å². The average Bonchev–Trinajstić information content (AvgIpc) is 2.92. The van der Waals surface area contributed by atoms with E-state index in [0.717, 1.165) is 35.3 Å². The van der Waals surface area contributed by atoms with E-state index in [2.05, 4.69) is 12.2 Å². The Morgan fingerprint density at radius 1 is 1.31 bits per heavy atom. The Morgan fingerprint density at radius 3 is 2.77 bits per heavy atom. The summed E-state index contributed by atoms with van der Waals surface area (Å²) in [5.74, 6) is -0.258. The van der Waals surface area contributed by atoms with Crippen LogP contribution in [0.4, 0.5) is 5.00 Å². The molecule has 136 valence electrons. The van der Waals surface area contributed by atoms with Crippen LogP contribution in [-0.4, -0.2) is 11.8 Å². The van der Waals surface area contributed by atoms with Gasteiger partial charge in [-0.05, 0) is 54.5 Å². The molecule has 1 aliphatic rings. The van der Waals surface area contributed by atoms with Crippen LogP contribution in [0.15, 0.2) is 24.3 Å². The van der Waals surface area contributed by atoms with Crippen LogP contribution in [0, 0.1) is 5.92 Å². The lowest BCUT2D eigenvalue weighted by atomic mass is 9.88. The van der Waals surface area contributed by atoms with Crippen molar-refractivity contribution in [2.24, 2.45) is 11.7 Å². The van der Waals surface area contributed by atoms with Gasteiger partial charge in [-0.1, -0.05) is 36.2 Å². The topological polar surface area (TPSA) is 72.2 Å². The number of thiophene rings is 1. The van der Waals surface area contributed by atoms with E-state index in [1.54, 1.807) is 24.3 Å². The third-order valence-corrected chi connectivity index (χ3v) is 6.27. The predicted molar refractivity (Wildman–Crippen MR) is 108 cm³/mol. The maximum atomic E-state index is 12.3. The fraction of sp³-hybridized carbons (Fsp3) is 0.263. The van der Waals surface area contributed by atoms with Gasteiger partial charge in [-0.3, -0.25) is 9.59 Å². The minimum Gasteiger partial charge on any atom is -0.365 e. The largest absolute Gasteiger partial charge is 0.365 e. The Balaban J connectivity index is 1.79. The lowest BCUT2D eigenvalue weighted by Crippen LogP contribution is -2.18. The molecule has 0 radical (unpaired) electrons. The Morgan fingerprint density at radius 2 is 2.08 bits per heavy atom. The van der Waals surface area contributed by atoms with Gasteiger partial charge in [-0.2, -0.15) is 0 Å². The average molecular weight is 409 g/mol. The number of amides is 2. The standard InChI is InChI=1S/C19H18Cl2N2O2S/c1-10-2-5-12-15(8-10)26-19(17(12)18(22)25)23-16(24)7-4-11-3-6-13(20)14(21)9-11/h3-4,6-7,9-10H,2,5,8H2,1H3,(H2,22,25)(H,23,24)/b7-4+/t10-/m1/s1. The molecule has 2 aromatic rings. The highest BCUT2D eigenvalue weighted by Gasteiger charge is 2.26. The number of carbonyl (C=O) groups is 2. The lowest BCUT2D eigenvalue weighted by molar-refractivity contribution is -0.111. The SMILES string of the molecule is C[C@@H]1CCc2c(sc(NC(=O)/C=C/c3ccc(Cl)c(Cl)c3)c2C(N)=O)C1. The van der Waals surface area contributed by atoms with Gasteiger partial charge in [0.2, 0.25) is 5.91 Å². The van der Waals surface area contributed by atoms with Gasteiger partial charge >= 0.3 is 0 Å². The number of nitrogens with two attached hydrogens (primary N) is 1. The van der Waals surface area contributed by atoms with Gasteiger partial charge in [0.1, 0.15) is 5.00 Å². The first-order valence-corrected chi connectivity index (χ1v) is 9.81. The van der Waals surface area contributed by atoms with Crippen LogP contribution in [0.3, 0.4) is 0 Å². The van der Waals surface area contributed by atoms with Crippen molar-refractivity contribution in [3.8, 4) is 0 Å². The second-order valence-corrected chi connectivity index (χ2v) is 8.34. The molecule has 1 aromatic heterocycles. The highest BCUT2D eigenvalue weighted by Crippen LogP contribution is 2.39. The van der Waals surface area contributed by atoms with Crippen LogP contribution in [0.5, 0.6) is 0 Å². The van der Waals surface area contributed by atoms with Gasteiger partial charge in [-0.25, -0.2) is 0 Å². The Kier molecular flexibility index (Phi) is 5.70. The van der Waals surface area contributed by atoms with E-state index >= 15 is 0 Å². The highest BCUT2D eigenvalue weighted by atomic mass is 35.5. The molecular weight excluding hydrogens is 391 g/mol. The molecule has 1 aliphatic carbocycles. The zero-order chi connectivity index (χ0) is 18.8. The summed E-state index contributed by atoms with van der Waals surface area (Å²) >= 11 is 13.3. The summed E-state index contributed by atoms with van der Waals surface area (Å²) in [6.45, 7) is 2.19. The molecule has 0 bridgehead atoms. The maximum absolute atomic E-state index is 12.3. The smallest absolute Gasteiger partial charge is 0.251 e. The zero-order valence-electron chi connectivity index (χ0n) is 14.1. The van der Waals surface area contributed by atoms with Gasteiger partial charge in [0.25, 0.3) is 5.91 Å². The van der Waals surface area contributed by atoms with Gasteiger partial charge in [0.15, 0.2) is 0 Å². The minimum atomic E-state index is -0.499. The fourth-order valence-corrected chi connectivity index (χ4v) is 4.77. The number of hydrogen-bond donors (Lipinski definition) is 2. The first kappa shape index (κ1) is 19.0. The van der Waals surface area contributed by atoms with E-state index in [9.17, 15) is 9.59 Å². The van der Waals surface area contributed by atoms with Crippen molar-refractivity contribution >= 4 is 57.4 Å². The number of hydrogen-bond acceptors (Lipinski definition) is 3. The summed E-state index contributed by atoms with van der Waals surface area (Å²) in [4.78, 5) is 25.3. The van der Waals surface area contributed by atoms with Crippen molar-refractivity contribution < 1.29 is 9.59 Å². The van der Waals surface area contributed by atoms with Crippen molar-refractivity contribution in [2.75, 3.05) is 5.32 Å². The summed E-state index contributed by atoms with van der Waals surface area (Å²) in [6, 6.07) is 5.10. The number of fused-ring (bicyclic) bond motifs is 1. The highest BCUT2D eigenvalue weighted by molar-refractivity contribution is 7.17. The minimum absolute atomic E-state index is 0.329. The predicted octanol–water partition coefficient (Wildman–Crippen LogP) is 4.93. The number of nitrogens with one attached hydrogen (secondary N) is 1. The van der Waals surface area contributed by atoms with Gasteiger partial charge < -0.3 is 11.1 Å². The van der Waals surface area contributed by atoms with Crippen LogP contribution >= 0.6 is 34.5 Å². The number of halogens is 2. The number of benzene rings is 1.